The minimum Gasteiger partial charge on any atom is -0.421 e. The fraction of sp³-hybridized carbons (Fsp3) is 0.0500. The third kappa shape index (κ3) is 3.78. The number of nitro groups is 1. The molecule has 4 rings (SSSR count). The quantitative estimate of drug-likeness (QED) is 0.213. The standard InChI is InChI=1S/C20H13ClN4O4/c1-12-2-9-19(29-20(26)13-3-6-15(7-4-13)25(27)28)18(10-12)24-22-16-8-5-14(21)11-17(16)23-24/h2-11H,1H3. The van der Waals surface area contributed by atoms with Crippen LogP contribution in [0, 0.1) is 17.0 Å². The molecule has 0 saturated heterocycles. The fourth-order valence-electron chi connectivity index (χ4n) is 2.74. The van der Waals surface area contributed by atoms with E-state index in [1.165, 1.54) is 29.1 Å². The van der Waals surface area contributed by atoms with Crippen molar-refractivity contribution in [2.45, 2.75) is 6.92 Å². The minimum absolute atomic E-state index is 0.108. The molecule has 9 heteroatoms. The van der Waals surface area contributed by atoms with Crippen molar-refractivity contribution >= 4 is 34.3 Å². The molecule has 0 fully saturated rings. The summed E-state index contributed by atoms with van der Waals surface area (Å²) in [6.45, 7) is 1.89. The first-order valence-corrected chi connectivity index (χ1v) is 8.89. The van der Waals surface area contributed by atoms with Gasteiger partial charge in [-0.15, -0.1) is 15.0 Å². The number of hydrogen-bond acceptors (Lipinski definition) is 6. The van der Waals surface area contributed by atoms with E-state index in [1.54, 1.807) is 36.4 Å². The number of nitrogens with zero attached hydrogens (tertiary/aromatic N) is 4. The van der Waals surface area contributed by atoms with Crippen LogP contribution in [0.1, 0.15) is 15.9 Å². The predicted molar refractivity (Wildman–Crippen MR) is 107 cm³/mol. The van der Waals surface area contributed by atoms with Gasteiger partial charge < -0.3 is 4.74 Å². The topological polar surface area (TPSA) is 100 Å². The van der Waals surface area contributed by atoms with Crippen LogP contribution in [0.2, 0.25) is 5.02 Å². The van der Waals surface area contributed by atoms with Crippen LogP contribution in [0.3, 0.4) is 0 Å². The molecule has 0 radical (unpaired) electrons. The first-order valence-electron chi connectivity index (χ1n) is 8.51. The molecular weight excluding hydrogens is 396 g/mol. The Balaban J connectivity index is 1.69. The summed E-state index contributed by atoms with van der Waals surface area (Å²) in [7, 11) is 0. The summed E-state index contributed by atoms with van der Waals surface area (Å²) in [5.41, 5.74) is 2.73. The van der Waals surface area contributed by atoms with Gasteiger partial charge in [0.1, 0.15) is 16.7 Å². The molecule has 0 aliphatic heterocycles. The molecule has 29 heavy (non-hydrogen) atoms. The third-order valence-electron chi connectivity index (χ3n) is 4.19. The molecule has 0 aliphatic carbocycles. The second-order valence-corrected chi connectivity index (χ2v) is 6.72. The Morgan fingerprint density at radius 3 is 2.48 bits per heavy atom. The molecule has 8 nitrogen and oxygen atoms in total. The van der Waals surface area contributed by atoms with Crippen molar-refractivity contribution in [3.05, 3.63) is 86.9 Å². The van der Waals surface area contributed by atoms with E-state index in [2.05, 4.69) is 10.2 Å². The summed E-state index contributed by atoms with van der Waals surface area (Å²) in [6, 6.07) is 15.6. The lowest BCUT2D eigenvalue weighted by molar-refractivity contribution is -0.384. The van der Waals surface area contributed by atoms with Crippen molar-refractivity contribution in [2.75, 3.05) is 0 Å². The lowest BCUT2D eigenvalue weighted by Crippen LogP contribution is -2.11. The molecule has 0 aliphatic rings. The molecule has 0 amide bonds. The maximum Gasteiger partial charge on any atom is 0.343 e. The summed E-state index contributed by atoms with van der Waals surface area (Å²) >= 11 is 6.01. The number of benzene rings is 3. The van der Waals surface area contributed by atoms with Crippen LogP contribution in [0.5, 0.6) is 5.75 Å². The number of aromatic nitrogens is 3. The van der Waals surface area contributed by atoms with Crippen LogP contribution in [-0.2, 0) is 0 Å². The summed E-state index contributed by atoms with van der Waals surface area (Å²) < 4.78 is 5.53. The first kappa shape index (κ1) is 18.6. The molecule has 0 spiro atoms. The Labute approximate surface area is 169 Å². The number of halogens is 1. The number of carbonyl (C=O) groups is 1. The lowest BCUT2D eigenvalue weighted by Gasteiger charge is -2.10. The normalized spacial score (nSPS) is 10.8. The van der Waals surface area contributed by atoms with E-state index in [0.29, 0.717) is 21.7 Å². The number of carbonyl (C=O) groups excluding carboxylic acids is 1. The Bertz CT molecular complexity index is 1250. The summed E-state index contributed by atoms with van der Waals surface area (Å²) in [5, 5.41) is 20.1. The third-order valence-corrected chi connectivity index (χ3v) is 4.42. The number of rotatable bonds is 4. The molecule has 3 aromatic carbocycles. The molecule has 1 aromatic heterocycles. The van der Waals surface area contributed by atoms with Gasteiger partial charge in [-0.05, 0) is 55.0 Å². The van der Waals surface area contributed by atoms with E-state index in [4.69, 9.17) is 16.3 Å². The number of aryl methyl sites for hydroxylation is 1. The van der Waals surface area contributed by atoms with Crippen molar-refractivity contribution in [3.8, 4) is 11.4 Å². The Kier molecular flexibility index (Phi) is 4.69. The highest BCUT2D eigenvalue weighted by Gasteiger charge is 2.16. The highest BCUT2D eigenvalue weighted by atomic mass is 35.5. The molecule has 0 N–H and O–H groups in total. The van der Waals surface area contributed by atoms with E-state index in [9.17, 15) is 14.9 Å². The zero-order chi connectivity index (χ0) is 20.5. The highest BCUT2D eigenvalue weighted by molar-refractivity contribution is 6.31. The summed E-state index contributed by atoms with van der Waals surface area (Å²) in [4.78, 5) is 24.1. The zero-order valence-electron chi connectivity index (χ0n) is 15.1. The average Bonchev–Trinajstić information content (AvgIpc) is 3.12. The zero-order valence-corrected chi connectivity index (χ0v) is 15.8. The summed E-state index contributed by atoms with van der Waals surface area (Å²) in [6.07, 6.45) is 0. The molecule has 0 bridgehead atoms. The van der Waals surface area contributed by atoms with E-state index < -0.39 is 10.9 Å². The van der Waals surface area contributed by atoms with Crippen molar-refractivity contribution in [1.82, 2.24) is 15.0 Å². The van der Waals surface area contributed by atoms with Crippen LogP contribution in [0.15, 0.2) is 60.7 Å². The number of nitro benzene ring substituents is 1. The van der Waals surface area contributed by atoms with Gasteiger partial charge >= 0.3 is 5.97 Å². The molecular formula is C20H13ClN4O4. The molecule has 1 heterocycles. The number of esters is 1. The first-order chi connectivity index (χ1) is 13.9. The minimum atomic E-state index is -0.648. The van der Waals surface area contributed by atoms with Crippen LogP contribution in [0.4, 0.5) is 5.69 Å². The van der Waals surface area contributed by atoms with Crippen molar-refractivity contribution in [1.29, 1.82) is 0 Å². The average molecular weight is 409 g/mol. The highest BCUT2D eigenvalue weighted by Crippen LogP contribution is 2.26. The monoisotopic (exact) mass is 408 g/mol. The maximum atomic E-state index is 12.5. The SMILES string of the molecule is Cc1ccc(OC(=O)c2ccc([N+](=O)[O-])cc2)c(-n2nc3ccc(Cl)cc3n2)c1. The molecule has 144 valence electrons. The van der Waals surface area contributed by atoms with Crippen LogP contribution < -0.4 is 4.74 Å². The summed E-state index contributed by atoms with van der Waals surface area (Å²) in [5.74, 6) is -0.393. The van der Waals surface area contributed by atoms with Crippen molar-refractivity contribution < 1.29 is 14.5 Å². The largest absolute Gasteiger partial charge is 0.421 e. The van der Waals surface area contributed by atoms with Crippen molar-refractivity contribution in [2.24, 2.45) is 0 Å². The molecule has 0 unspecified atom stereocenters. The van der Waals surface area contributed by atoms with Gasteiger partial charge in [-0.25, -0.2) is 4.79 Å². The second kappa shape index (κ2) is 7.33. The van der Waals surface area contributed by atoms with Gasteiger partial charge in [0.2, 0.25) is 0 Å². The molecule has 4 aromatic rings. The smallest absolute Gasteiger partial charge is 0.343 e. The number of hydrogen-bond donors (Lipinski definition) is 0. The Hall–Kier alpha value is -3.78. The predicted octanol–water partition coefficient (Wildman–Crippen LogP) is 4.51. The van der Waals surface area contributed by atoms with Gasteiger partial charge in [0, 0.05) is 17.2 Å². The Morgan fingerprint density at radius 1 is 1.03 bits per heavy atom. The molecule has 0 atom stereocenters. The van der Waals surface area contributed by atoms with E-state index >= 15 is 0 Å². The van der Waals surface area contributed by atoms with Gasteiger partial charge in [0.05, 0.1) is 10.5 Å². The van der Waals surface area contributed by atoms with Crippen LogP contribution in [0.25, 0.3) is 16.7 Å². The second-order valence-electron chi connectivity index (χ2n) is 6.29. The van der Waals surface area contributed by atoms with E-state index in [-0.39, 0.29) is 17.0 Å². The number of fused-ring (bicyclic) bond motifs is 1. The van der Waals surface area contributed by atoms with Gasteiger partial charge in [0.15, 0.2) is 5.75 Å². The van der Waals surface area contributed by atoms with Crippen LogP contribution >= 0.6 is 11.6 Å². The van der Waals surface area contributed by atoms with Gasteiger partial charge in [-0.3, -0.25) is 10.1 Å². The molecule has 0 saturated carbocycles. The van der Waals surface area contributed by atoms with Gasteiger partial charge in [0.25, 0.3) is 5.69 Å². The van der Waals surface area contributed by atoms with Gasteiger partial charge in [-0.1, -0.05) is 17.7 Å². The fourth-order valence-corrected chi connectivity index (χ4v) is 2.91. The number of ether oxygens (including phenoxy) is 1. The lowest BCUT2D eigenvalue weighted by atomic mass is 10.2. The van der Waals surface area contributed by atoms with E-state index in [0.717, 1.165) is 5.56 Å². The van der Waals surface area contributed by atoms with Gasteiger partial charge in [-0.2, -0.15) is 0 Å². The number of non-ortho nitro benzene ring substituents is 1. The van der Waals surface area contributed by atoms with Crippen LogP contribution in [-0.4, -0.2) is 25.9 Å². The van der Waals surface area contributed by atoms with Crippen molar-refractivity contribution in [3.63, 3.8) is 0 Å². The maximum absolute atomic E-state index is 12.5. The van der Waals surface area contributed by atoms with E-state index in [1.807, 2.05) is 6.92 Å². The Morgan fingerprint density at radius 2 is 1.76 bits per heavy atom.